The summed E-state index contributed by atoms with van der Waals surface area (Å²) in [5.74, 6) is -1.00. The van der Waals surface area contributed by atoms with Gasteiger partial charge in [-0.3, -0.25) is 10.1 Å². The maximum atomic E-state index is 13.3. The van der Waals surface area contributed by atoms with Crippen LogP contribution in [0.5, 0.6) is 0 Å². The van der Waals surface area contributed by atoms with Crippen LogP contribution in [0, 0.1) is 5.82 Å². The van der Waals surface area contributed by atoms with E-state index in [1.807, 2.05) is 6.92 Å². The molecule has 2 rings (SSSR count). The minimum absolute atomic E-state index is 0.0764. The third-order valence-electron chi connectivity index (χ3n) is 4.34. The van der Waals surface area contributed by atoms with Crippen LogP contribution in [0.15, 0.2) is 29.2 Å². The van der Waals surface area contributed by atoms with Gasteiger partial charge >= 0.3 is 6.03 Å². The van der Waals surface area contributed by atoms with E-state index in [9.17, 15) is 22.4 Å². The number of hydrogen-bond donors (Lipinski definition) is 3. The van der Waals surface area contributed by atoms with E-state index >= 15 is 0 Å². The van der Waals surface area contributed by atoms with E-state index in [1.165, 1.54) is 22.5 Å². The number of halogens is 1. The molecule has 0 aliphatic carbocycles. The van der Waals surface area contributed by atoms with Crippen LogP contribution in [0.2, 0.25) is 0 Å². The van der Waals surface area contributed by atoms with E-state index in [0.29, 0.717) is 19.6 Å². The Kier molecular flexibility index (Phi) is 7.69. The van der Waals surface area contributed by atoms with E-state index in [4.69, 9.17) is 0 Å². The van der Waals surface area contributed by atoms with Gasteiger partial charge in [-0.15, -0.1) is 0 Å². The van der Waals surface area contributed by atoms with Gasteiger partial charge in [0, 0.05) is 6.54 Å². The highest BCUT2D eigenvalue weighted by molar-refractivity contribution is 7.89. The number of imide groups is 1. The van der Waals surface area contributed by atoms with E-state index < -0.39 is 27.8 Å². The molecular formula is C17H26FN4O4S+. The molecule has 1 aromatic rings. The molecule has 150 valence electrons. The molecule has 10 heteroatoms. The molecule has 3 N–H and O–H groups in total. The third-order valence-corrected chi connectivity index (χ3v) is 6.24. The lowest BCUT2D eigenvalue weighted by molar-refractivity contribution is -0.895. The molecule has 0 atom stereocenters. The summed E-state index contributed by atoms with van der Waals surface area (Å²) in [7, 11) is -3.75. The number of amides is 3. The van der Waals surface area contributed by atoms with Crippen molar-refractivity contribution in [2.45, 2.75) is 24.7 Å². The van der Waals surface area contributed by atoms with Gasteiger partial charge in [0.25, 0.3) is 5.91 Å². The van der Waals surface area contributed by atoms with Crippen molar-refractivity contribution in [3.8, 4) is 0 Å². The van der Waals surface area contributed by atoms with Gasteiger partial charge in [-0.25, -0.2) is 17.6 Å². The number of carbonyl (C=O) groups excluding carboxylic acids is 2. The molecule has 3 amide bonds. The minimum atomic E-state index is -3.75. The number of nitrogens with one attached hydrogen (secondary N) is 3. The van der Waals surface area contributed by atoms with Crippen molar-refractivity contribution in [2.24, 2.45) is 0 Å². The van der Waals surface area contributed by atoms with Crippen molar-refractivity contribution in [1.29, 1.82) is 0 Å². The lowest BCUT2D eigenvalue weighted by Crippen LogP contribution is -3.15. The van der Waals surface area contributed by atoms with Crippen molar-refractivity contribution in [3.63, 3.8) is 0 Å². The van der Waals surface area contributed by atoms with Crippen molar-refractivity contribution in [1.82, 2.24) is 14.9 Å². The fourth-order valence-electron chi connectivity index (χ4n) is 2.82. The second kappa shape index (κ2) is 9.77. The highest BCUT2D eigenvalue weighted by Crippen LogP contribution is 2.16. The van der Waals surface area contributed by atoms with E-state index in [1.54, 1.807) is 0 Å². The molecule has 0 spiro atoms. The fraction of sp³-hybridized carbons (Fsp3) is 0.529. The first-order valence-corrected chi connectivity index (χ1v) is 10.4. The quantitative estimate of drug-likeness (QED) is 0.528. The van der Waals surface area contributed by atoms with E-state index in [-0.39, 0.29) is 24.5 Å². The zero-order valence-electron chi connectivity index (χ0n) is 15.3. The maximum Gasteiger partial charge on any atom is 0.321 e. The Labute approximate surface area is 158 Å². The van der Waals surface area contributed by atoms with E-state index in [2.05, 4.69) is 10.6 Å². The number of quaternary nitrogens is 1. The van der Waals surface area contributed by atoms with Crippen molar-refractivity contribution in [3.05, 3.63) is 30.1 Å². The van der Waals surface area contributed by atoms with Crippen LogP contribution in [0.3, 0.4) is 0 Å². The van der Waals surface area contributed by atoms with Gasteiger partial charge in [0.05, 0.1) is 31.1 Å². The van der Waals surface area contributed by atoms with Crippen LogP contribution in [0.25, 0.3) is 0 Å². The van der Waals surface area contributed by atoms with Gasteiger partial charge < -0.3 is 10.2 Å². The van der Waals surface area contributed by atoms with Crippen molar-refractivity contribution < 1.29 is 27.3 Å². The molecule has 0 radical (unpaired) electrons. The maximum absolute atomic E-state index is 13.3. The van der Waals surface area contributed by atoms with E-state index in [0.717, 1.165) is 23.8 Å². The summed E-state index contributed by atoms with van der Waals surface area (Å²) < 4.78 is 39.7. The molecule has 0 aromatic heterocycles. The van der Waals surface area contributed by atoms with Crippen LogP contribution in [-0.2, 0) is 14.8 Å². The Morgan fingerprint density at radius 3 is 2.59 bits per heavy atom. The Balaban J connectivity index is 1.81. The summed E-state index contributed by atoms with van der Waals surface area (Å²) in [6.07, 6.45) is 1.79. The summed E-state index contributed by atoms with van der Waals surface area (Å²) in [5.41, 5.74) is 0. The Bertz CT molecular complexity index is 764. The molecule has 1 aliphatic rings. The molecule has 1 aliphatic heterocycles. The first-order chi connectivity index (χ1) is 12.8. The normalized spacial score (nSPS) is 16.1. The van der Waals surface area contributed by atoms with Crippen LogP contribution in [-0.4, -0.2) is 63.9 Å². The highest BCUT2D eigenvalue weighted by Gasteiger charge is 2.31. The van der Waals surface area contributed by atoms with Gasteiger partial charge in [-0.05, 0) is 24.6 Å². The second-order valence-corrected chi connectivity index (χ2v) is 8.38. The fourth-order valence-corrected chi connectivity index (χ4v) is 4.29. The predicted molar refractivity (Wildman–Crippen MR) is 97.2 cm³/mol. The zero-order valence-corrected chi connectivity index (χ0v) is 16.1. The van der Waals surface area contributed by atoms with Crippen molar-refractivity contribution in [2.75, 3.05) is 39.3 Å². The molecule has 8 nitrogen and oxygen atoms in total. The number of hydrogen-bond acceptors (Lipinski definition) is 4. The SMILES string of the molecule is CCCCNC(=O)NC(=O)C[NH+]1CCN(S(=O)(=O)c2cccc(F)c2)CC1. The lowest BCUT2D eigenvalue weighted by Gasteiger charge is -2.31. The number of nitrogens with zero attached hydrogens (tertiary/aromatic N) is 1. The van der Waals surface area contributed by atoms with Crippen LogP contribution < -0.4 is 15.5 Å². The molecular weight excluding hydrogens is 375 g/mol. The first kappa shape index (κ1) is 21.3. The molecule has 1 saturated heterocycles. The Morgan fingerprint density at radius 1 is 1.26 bits per heavy atom. The average Bonchev–Trinajstić information content (AvgIpc) is 2.62. The number of carbonyl (C=O) groups is 2. The third kappa shape index (κ3) is 6.26. The first-order valence-electron chi connectivity index (χ1n) is 9.00. The number of rotatable bonds is 7. The molecule has 0 unspecified atom stereocenters. The van der Waals surface area contributed by atoms with Crippen LogP contribution in [0.1, 0.15) is 19.8 Å². The minimum Gasteiger partial charge on any atom is -0.338 e. The molecule has 0 bridgehead atoms. The molecule has 1 fully saturated rings. The van der Waals surface area contributed by atoms with Crippen molar-refractivity contribution >= 4 is 22.0 Å². The summed E-state index contributed by atoms with van der Waals surface area (Å²) in [6, 6.07) is 4.40. The predicted octanol–water partition coefficient (Wildman–Crippen LogP) is -0.659. The molecule has 0 saturated carbocycles. The molecule has 1 heterocycles. The standard InChI is InChI=1S/C17H25FN4O4S/c1-2-3-7-19-17(24)20-16(23)13-21-8-10-22(11-9-21)27(25,26)15-6-4-5-14(18)12-15/h4-6,12H,2-3,7-11,13H2,1H3,(H2,19,20,23,24)/p+1. The van der Waals surface area contributed by atoms with Gasteiger partial charge in [-0.2, -0.15) is 4.31 Å². The number of benzene rings is 1. The Hall–Kier alpha value is -2.04. The molecule has 27 heavy (non-hydrogen) atoms. The smallest absolute Gasteiger partial charge is 0.321 e. The zero-order chi connectivity index (χ0) is 19.9. The van der Waals surface area contributed by atoms with Gasteiger partial charge in [0.1, 0.15) is 5.82 Å². The summed E-state index contributed by atoms with van der Waals surface area (Å²) in [6.45, 7) is 3.92. The number of sulfonamides is 1. The second-order valence-electron chi connectivity index (χ2n) is 6.45. The number of piperazine rings is 1. The van der Waals surface area contributed by atoms with Gasteiger partial charge in [-0.1, -0.05) is 19.4 Å². The topological polar surface area (TPSA) is 100 Å². The number of urea groups is 1. The lowest BCUT2D eigenvalue weighted by atomic mass is 10.3. The summed E-state index contributed by atoms with van der Waals surface area (Å²) >= 11 is 0. The average molecular weight is 401 g/mol. The monoisotopic (exact) mass is 401 g/mol. The van der Waals surface area contributed by atoms with Gasteiger partial charge in [0.15, 0.2) is 6.54 Å². The highest BCUT2D eigenvalue weighted by atomic mass is 32.2. The van der Waals surface area contributed by atoms with Crippen LogP contribution in [0.4, 0.5) is 9.18 Å². The van der Waals surface area contributed by atoms with Crippen LogP contribution >= 0.6 is 0 Å². The number of unbranched alkanes of at least 4 members (excludes halogenated alkanes) is 1. The summed E-state index contributed by atoms with van der Waals surface area (Å²) in [4.78, 5) is 24.3. The Morgan fingerprint density at radius 2 is 1.96 bits per heavy atom. The molecule has 1 aromatic carbocycles. The van der Waals surface area contributed by atoms with Gasteiger partial charge in [0.2, 0.25) is 10.0 Å². The summed E-state index contributed by atoms with van der Waals surface area (Å²) in [5, 5.41) is 4.88. The largest absolute Gasteiger partial charge is 0.338 e.